The first kappa shape index (κ1) is 11.9. The maximum Gasteiger partial charge on any atom is 0.272 e. The van der Waals surface area contributed by atoms with E-state index < -0.39 is 0 Å². The minimum absolute atomic E-state index is 0.213. The number of anilines is 1. The summed E-state index contributed by atoms with van der Waals surface area (Å²) in [4.78, 5) is 25.4. The summed E-state index contributed by atoms with van der Waals surface area (Å²) in [7, 11) is 1.55. The SMILES string of the molecule is COc1cccc(NC(=O)c2cccc(=O)[nH]2)c1. The Morgan fingerprint density at radius 1 is 1.22 bits per heavy atom. The summed E-state index contributed by atoms with van der Waals surface area (Å²) in [5.41, 5.74) is 0.502. The Hall–Kier alpha value is -2.56. The minimum atomic E-state index is -0.374. The topological polar surface area (TPSA) is 71.2 Å². The molecule has 1 aromatic carbocycles. The molecular formula is C13H12N2O3. The lowest BCUT2D eigenvalue weighted by Crippen LogP contribution is -2.17. The normalized spacial score (nSPS) is 9.83. The maximum absolute atomic E-state index is 11.8. The van der Waals surface area contributed by atoms with Crippen molar-refractivity contribution in [1.82, 2.24) is 4.98 Å². The summed E-state index contributed by atoms with van der Waals surface area (Å²) in [5, 5.41) is 2.67. The lowest BCUT2D eigenvalue weighted by atomic mass is 10.2. The van der Waals surface area contributed by atoms with Crippen LogP contribution in [0.1, 0.15) is 10.5 Å². The van der Waals surface area contributed by atoms with Crippen LogP contribution in [0.2, 0.25) is 0 Å². The Bertz CT molecular complexity index is 619. The highest BCUT2D eigenvalue weighted by atomic mass is 16.5. The highest BCUT2D eigenvalue weighted by Crippen LogP contribution is 2.16. The highest BCUT2D eigenvalue weighted by molar-refractivity contribution is 6.02. The van der Waals surface area contributed by atoms with Crippen LogP contribution in [-0.2, 0) is 0 Å². The summed E-state index contributed by atoms with van der Waals surface area (Å²) < 4.78 is 5.05. The van der Waals surface area contributed by atoms with Crippen molar-refractivity contribution >= 4 is 11.6 Å². The van der Waals surface area contributed by atoms with Gasteiger partial charge in [0.25, 0.3) is 5.91 Å². The number of ether oxygens (including phenoxy) is 1. The Morgan fingerprint density at radius 3 is 2.72 bits per heavy atom. The molecular weight excluding hydrogens is 232 g/mol. The molecule has 0 fully saturated rings. The van der Waals surface area contributed by atoms with Gasteiger partial charge in [0.1, 0.15) is 11.4 Å². The fraction of sp³-hybridized carbons (Fsp3) is 0.0769. The Morgan fingerprint density at radius 2 is 2.00 bits per heavy atom. The number of aromatic amines is 1. The van der Waals surface area contributed by atoms with Crippen LogP contribution in [0.5, 0.6) is 5.75 Å². The summed E-state index contributed by atoms with van der Waals surface area (Å²) in [6, 6.07) is 11.4. The Kier molecular flexibility index (Phi) is 3.43. The number of methoxy groups -OCH3 is 1. The minimum Gasteiger partial charge on any atom is -0.497 e. The van der Waals surface area contributed by atoms with Crippen molar-refractivity contribution in [3.05, 3.63) is 58.5 Å². The first-order valence-corrected chi connectivity index (χ1v) is 5.34. The number of amides is 1. The highest BCUT2D eigenvalue weighted by Gasteiger charge is 2.06. The summed E-state index contributed by atoms with van der Waals surface area (Å²) in [6.45, 7) is 0. The number of hydrogen-bond acceptors (Lipinski definition) is 3. The zero-order chi connectivity index (χ0) is 13.0. The predicted octanol–water partition coefficient (Wildman–Crippen LogP) is 1.64. The van der Waals surface area contributed by atoms with Crippen LogP contribution in [0, 0.1) is 0 Å². The van der Waals surface area contributed by atoms with Gasteiger partial charge in [-0.3, -0.25) is 9.59 Å². The van der Waals surface area contributed by atoms with E-state index in [1.54, 1.807) is 31.4 Å². The number of nitrogens with one attached hydrogen (secondary N) is 2. The molecule has 0 saturated carbocycles. The molecule has 0 aliphatic heterocycles. The Labute approximate surface area is 103 Å². The molecule has 0 bridgehead atoms. The van der Waals surface area contributed by atoms with Crippen molar-refractivity contribution in [2.45, 2.75) is 0 Å². The maximum atomic E-state index is 11.8. The third-order valence-electron chi connectivity index (χ3n) is 2.34. The van der Waals surface area contributed by atoms with Gasteiger partial charge in [-0.1, -0.05) is 12.1 Å². The number of pyridine rings is 1. The van der Waals surface area contributed by atoms with E-state index in [1.807, 2.05) is 0 Å². The molecule has 0 radical (unpaired) electrons. The van der Waals surface area contributed by atoms with Crippen LogP contribution >= 0.6 is 0 Å². The molecule has 0 aliphatic carbocycles. The monoisotopic (exact) mass is 244 g/mol. The average Bonchev–Trinajstić information content (AvgIpc) is 2.39. The van der Waals surface area contributed by atoms with Gasteiger partial charge in [-0.15, -0.1) is 0 Å². The fourth-order valence-corrected chi connectivity index (χ4v) is 1.48. The van der Waals surface area contributed by atoms with Gasteiger partial charge in [-0.25, -0.2) is 0 Å². The van der Waals surface area contributed by atoms with E-state index in [4.69, 9.17) is 4.74 Å². The third-order valence-corrected chi connectivity index (χ3v) is 2.34. The van der Waals surface area contributed by atoms with Gasteiger partial charge in [-0.2, -0.15) is 0 Å². The summed E-state index contributed by atoms with van der Waals surface area (Å²) >= 11 is 0. The molecule has 1 amide bonds. The molecule has 2 N–H and O–H groups in total. The van der Waals surface area contributed by atoms with Gasteiger partial charge in [0.05, 0.1) is 7.11 Å². The molecule has 18 heavy (non-hydrogen) atoms. The molecule has 1 aromatic heterocycles. The van der Waals surface area contributed by atoms with Crippen LogP contribution in [-0.4, -0.2) is 18.0 Å². The van der Waals surface area contributed by atoms with Crippen LogP contribution in [0.4, 0.5) is 5.69 Å². The number of hydrogen-bond donors (Lipinski definition) is 2. The predicted molar refractivity (Wildman–Crippen MR) is 68.0 cm³/mol. The molecule has 1 heterocycles. The van der Waals surface area contributed by atoms with E-state index in [9.17, 15) is 9.59 Å². The summed E-state index contributed by atoms with van der Waals surface area (Å²) in [5.74, 6) is 0.273. The molecule has 2 rings (SSSR count). The van der Waals surface area contributed by atoms with Gasteiger partial charge in [0.2, 0.25) is 5.56 Å². The smallest absolute Gasteiger partial charge is 0.272 e. The zero-order valence-corrected chi connectivity index (χ0v) is 9.77. The van der Waals surface area contributed by atoms with E-state index in [2.05, 4.69) is 10.3 Å². The lowest BCUT2D eigenvalue weighted by molar-refractivity contribution is 0.102. The lowest BCUT2D eigenvalue weighted by Gasteiger charge is -2.06. The van der Waals surface area contributed by atoms with Crippen molar-refractivity contribution in [2.24, 2.45) is 0 Å². The van der Waals surface area contributed by atoms with Gasteiger partial charge < -0.3 is 15.0 Å². The second-order valence-corrected chi connectivity index (χ2v) is 3.61. The number of aromatic nitrogens is 1. The molecule has 5 heteroatoms. The van der Waals surface area contributed by atoms with Crippen molar-refractivity contribution < 1.29 is 9.53 Å². The standard InChI is InChI=1S/C13H12N2O3/c1-18-10-5-2-4-9(8-10)14-13(17)11-6-3-7-12(16)15-11/h2-8H,1H3,(H,14,17)(H,15,16). The summed E-state index contributed by atoms with van der Waals surface area (Å²) in [6.07, 6.45) is 0. The van der Waals surface area contributed by atoms with Crippen molar-refractivity contribution in [3.8, 4) is 5.75 Å². The quantitative estimate of drug-likeness (QED) is 0.862. The second kappa shape index (κ2) is 5.18. The van der Waals surface area contributed by atoms with E-state index in [0.717, 1.165) is 0 Å². The van der Waals surface area contributed by atoms with Gasteiger partial charge in [0.15, 0.2) is 0 Å². The number of carbonyl (C=O) groups is 1. The van der Waals surface area contributed by atoms with E-state index in [-0.39, 0.29) is 17.2 Å². The van der Waals surface area contributed by atoms with Crippen LogP contribution in [0.15, 0.2) is 47.3 Å². The van der Waals surface area contributed by atoms with Crippen LogP contribution in [0.3, 0.4) is 0 Å². The molecule has 0 unspecified atom stereocenters. The molecule has 92 valence electrons. The van der Waals surface area contributed by atoms with Crippen molar-refractivity contribution in [1.29, 1.82) is 0 Å². The van der Waals surface area contributed by atoms with E-state index >= 15 is 0 Å². The molecule has 2 aromatic rings. The molecule has 0 saturated heterocycles. The zero-order valence-electron chi connectivity index (χ0n) is 9.77. The molecule has 0 aliphatic rings. The number of benzene rings is 1. The molecule has 0 spiro atoms. The first-order chi connectivity index (χ1) is 8.69. The van der Waals surface area contributed by atoms with E-state index in [1.165, 1.54) is 18.2 Å². The fourth-order valence-electron chi connectivity index (χ4n) is 1.48. The largest absolute Gasteiger partial charge is 0.497 e. The number of H-pyrrole nitrogens is 1. The van der Waals surface area contributed by atoms with Crippen LogP contribution in [0.25, 0.3) is 0 Å². The number of rotatable bonds is 3. The number of carbonyl (C=O) groups excluding carboxylic acids is 1. The third kappa shape index (κ3) is 2.76. The second-order valence-electron chi connectivity index (χ2n) is 3.61. The first-order valence-electron chi connectivity index (χ1n) is 5.34. The van der Waals surface area contributed by atoms with Gasteiger partial charge in [-0.05, 0) is 18.2 Å². The molecule has 0 atom stereocenters. The van der Waals surface area contributed by atoms with Crippen molar-refractivity contribution in [2.75, 3.05) is 12.4 Å². The average molecular weight is 244 g/mol. The molecule has 5 nitrogen and oxygen atoms in total. The van der Waals surface area contributed by atoms with Gasteiger partial charge >= 0.3 is 0 Å². The van der Waals surface area contributed by atoms with Crippen LogP contribution < -0.4 is 15.6 Å². The van der Waals surface area contributed by atoms with E-state index in [0.29, 0.717) is 11.4 Å². The van der Waals surface area contributed by atoms with Crippen molar-refractivity contribution in [3.63, 3.8) is 0 Å². The van der Waals surface area contributed by atoms with Gasteiger partial charge in [0, 0.05) is 17.8 Å². The Balaban J connectivity index is 2.18.